The molecule has 210 valence electrons. The van der Waals surface area contributed by atoms with E-state index >= 15 is 0 Å². The highest BCUT2D eigenvalue weighted by Crippen LogP contribution is 2.21. The first kappa shape index (κ1) is 30.6. The number of carbonyl (C=O) groups excluding carboxylic acids is 4. The monoisotopic (exact) mass is 532 g/mol. The summed E-state index contributed by atoms with van der Waals surface area (Å²) in [5.74, 6) is -3.04. The number of hydrogen-bond acceptors (Lipinski definition) is 6. The third-order valence-corrected chi connectivity index (χ3v) is 6.09. The Morgan fingerprint density at radius 1 is 1.03 bits per heavy atom. The van der Waals surface area contributed by atoms with Gasteiger partial charge in [0.1, 0.15) is 29.8 Å². The van der Waals surface area contributed by atoms with Crippen molar-refractivity contribution in [1.82, 2.24) is 20.9 Å². The van der Waals surface area contributed by atoms with Crippen LogP contribution in [0.5, 0.6) is 0 Å². The van der Waals surface area contributed by atoms with E-state index in [1.807, 2.05) is 6.07 Å². The Morgan fingerprint density at radius 2 is 1.66 bits per heavy atom. The molecule has 0 aromatic heterocycles. The van der Waals surface area contributed by atoms with Crippen molar-refractivity contribution in [3.8, 4) is 0 Å². The fraction of sp³-hybridized carbons (Fsp3) is 0.593. The van der Waals surface area contributed by atoms with Crippen LogP contribution in [0.1, 0.15) is 59.9 Å². The highest BCUT2D eigenvalue weighted by molar-refractivity contribution is 5.95. The summed E-state index contributed by atoms with van der Waals surface area (Å²) >= 11 is 0. The molecule has 0 unspecified atom stereocenters. The molecule has 4 N–H and O–H groups in total. The first-order valence-corrected chi connectivity index (χ1v) is 12.9. The second kappa shape index (κ2) is 13.3. The van der Waals surface area contributed by atoms with Crippen molar-refractivity contribution in [2.45, 2.75) is 90.6 Å². The summed E-state index contributed by atoms with van der Waals surface area (Å²) in [6.07, 6.45) is 0.295. The summed E-state index contributed by atoms with van der Waals surface area (Å²) in [7, 11) is 0. The molecule has 0 spiro atoms. The molecule has 2 rings (SSSR count). The van der Waals surface area contributed by atoms with Gasteiger partial charge in [-0.05, 0) is 52.0 Å². The second-order valence-electron chi connectivity index (χ2n) is 10.9. The van der Waals surface area contributed by atoms with Gasteiger partial charge in [-0.25, -0.2) is 9.59 Å². The normalized spacial score (nSPS) is 17.8. The highest BCUT2D eigenvalue weighted by Gasteiger charge is 2.40. The summed E-state index contributed by atoms with van der Waals surface area (Å²) in [6.45, 7) is 10.4. The van der Waals surface area contributed by atoms with Gasteiger partial charge in [-0.15, -0.1) is 0 Å². The van der Waals surface area contributed by atoms with Crippen molar-refractivity contribution in [3.05, 3.63) is 35.9 Å². The maximum atomic E-state index is 13.5. The van der Waals surface area contributed by atoms with E-state index in [1.54, 1.807) is 58.9 Å². The third-order valence-electron chi connectivity index (χ3n) is 6.09. The highest BCUT2D eigenvalue weighted by atomic mass is 16.6. The lowest BCUT2D eigenvalue weighted by Gasteiger charge is -2.31. The van der Waals surface area contributed by atoms with E-state index in [4.69, 9.17) is 4.74 Å². The molecule has 4 amide bonds. The van der Waals surface area contributed by atoms with Gasteiger partial charge in [0, 0.05) is 13.0 Å². The lowest BCUT2D eigenvalue weighted by molar-refractivity contribution is -0.145. The Kier molecular flexibility index (Phi) is 10.7. The quantitative estimate of drug-likeness (QED) is 0.358. The molecule has 0 bridgehead atoms. The molecule has 11 heteroatoms. The Bertz CT molecular complexity index is 1010. The van der Waals surface area contributed by atoms with Crippen LogP contribution in [0.3, 0.4) is 0 Å². The number of nitrogens with one attached hydrogen (secondary N) is 3. The largest absolute Gasteiger partial charge is 0.480 e. The fourth-order valence-corrected chi connectivity index (χ4v) is 4.14. The predicted molar refractivity (Wildman–Crippen MR) is 140 cm³/mol. The first-order valence-electron chi connectivity index (χ1n) is 12.9. The number of likely N-dealkylation sites (tertiary alicyclic amines) is 1. The van der Waals surface area contributed by atoms with E-state index in [2.05, 4.69) is 16.0 Å². The molecule has 0 aliphatic carbocycles. The summed E-state index contributed by atoms with van der Waals surface area (Å²) < 4.78 is 5.17. The van der Waals surface area contributed by atoms with Crippen LogP contribution >= 0.6 is 0 Å². The van der Waals surface area contributed by atoms with E-state index in [-0.39, 0.29) is 12.3 Å². The molecular formula is C27H40N4O7. The molecule has 1 fully saturated rings. The zero-order valence-corrected chi connectivity index (χ0v) is 22.9. The number of hydrogen-bond donors (Lipinski definition) is 4. The standard InChI is InChI=1S/C27H40N4O7/c1-16(2)21(30-22(32)17(3)28-26(37)38-27(4,5)6)24(34)31-14-10-13-20(31)23(33)29-19(25(35)36)15-18-11-8-7-9-12-18/h7-9,11-12,16-17,19-21H,10,13-15H2,1-6H3,(H,28,37)(H,29,33)(H,30,32)(H,35,36)/t17-,19-,20-,21-/m0/s1. The number of carboxylic acid groups (broad SMARTS) is 1. The molecule has 0 saturated carbocycles. The van der Waals surface area contributed by atoms with Crippen molar-refractivity contribution in [1.29, 1.82) is 0 Å². The van der Waals surface area contributed by atoms with Crippen LogP contribution < -0.4 is 16.0 Å². The molecule has 1 aromatic carbocycles. The van der Waals surface area contributed by atoms with E-state index in [0.29, 0.717) is 19.4 Å². The Labute approximate surface area is 223 Å². The van der Waals surface area contributed by atoms with Crippen molar-refractivity contribution in [2.75, 3.05) is 6.54 Å². The minimum absolute atomic E-state index is 0.107. The number of carboxylic acids is 1. The zero-order valence-electron chi connectivity index (χ0n) is 22.9. The van der Waals surface area contributed by atoms with Crippen LogP contribution in [-0.2, 0) is 30.3 Å². The average molecular weight is 533 g/mol. The number of amides is 4. The van der Waals surface area contributed by atoms with E-state index < -0.39 is 59.6 Å². The maximum Gasteiger partial charge on any atom is 0.408 e. The summed E-state index contributed by atoms with van der Waals surface area (Å²) in [6, 6.07) is 5.04. The van der Waals surface area contributed by atoms with Crippen LogP contribution in [0.2, 0.25) is 0 Å². The van der Waals surface area contributed by atoms with Gasteiger partial charge in [0.05, 0.1) is 0 Å². The zero-order chi connectivity index (χ0) is 28.6. The Hall–Kier alpha value is -3.63. The predicted octanol–water partition coefficient (Wildman–Crippen LogP) is 1.84. The average Bonchev–Trinajstić information content (AvgIpc) is 3.30. The molecule has 1 heterocycles. The van der Waals surface area contributed by atoms with Gasteiger partial charge in [0.25, 0.3) is 0 Å². The minimum Gasteiger partial charge on any atom is -0.480 e. The van der Waals surface area contributed by atoms with E-state index in [0.717, 1.165) is 5.56 Å². The van der Waals surface area contributed by atoms with Gasteiger partial charge in [0.2, 0.25) is 17.7 Å². The van der Waals surface area contributed by atoms with Gasteiger partial charge in [-0.3, -0.25) is 14.4 Å². The number of ether oxygens (including phenoxy) is 1. The molecule has 1 aromatic rings. The molecule has 4 atom stereocenters. The lowest BCUT2D eigenvalue weighted by atomic mass is 10.0. The van der Waals surface area contributed by atoms with E-state index in [1.165, 1.54) is 11.8 Å². The smallest absolute Gasteiger partial charge is 0.408 e. The van der Waals surface area contributed by atoms with E-state index in [9.17, 15) is 29.1 Å². The van der Waals surface area contributed by atoms with Gasteiger partial charge >= 0.3 is 12.1 Å². The molecule has 11 nitrogen and oxygen atoms in total. The summed E-state index contributed by atoms with van der Waals surface area (Å²) in [4.78, 5) is 64.6. The number of nitrogens with zero attached hydrogens (tertiary/aromatic N) is 1. The number of rotatable bonds is 10. The lowest BCUT2D eigenvalue weighted by Crippen LogP contribution is -2.58. The topological polar surface area (TPSA) is 154 Å². The maximum absolute atomic E-state index is 13.5. The second-order valence-corrected chi connectivity index (χ2v) is 10.9. The van der Waals surface area contributed by atoms with Crippen LogP contribution in [-0.4, -0.2) is 76.1 Å². The minimum atomic E-state index is -1.17. The number of aliphatic carboxylic acids is 1. The number of carbonyl (C=O) groups is 5. The van der Waals surface area contributed by atoms with Gasteiger partial charge in [0.15, 0.2) is 0 Å². The molecule has 38 heavy (non-hydrogen) atoms. The van der Waals surface area contributed by atoms with Crippen molar-refractivity contribution in [3.63, 3.8) is 0 Å². The molecular weight excluding hydrogens is 492 g/mol. The Morgan fingerprint density at radius 3 is 2.21 bits per heavy atom. The SMILES string of the molecule is CC(C)[C@H](NC(=O)[C@H](C)NC(=O)OC(C)(C)C)C(=O)N1CCC[C@H]1C(=O)N[C@@H](Cc1ccccc1)C(=O)O. The molecule has 1 aliphatic heterocycles. The first-order chi connectivity index (χ1) is 17.7. The van der Waals surface area contributed by atoms with Crippen LogP contribution in [0.25, 0.3) is 0 Å². The fourth-order valence-electron chi connectivity index (χ4n) is 4.14. The van der Waals surface area contributed by atoms with Crippen molar-refractivity contribution >= 4 is 29.8 Å². The number of alkyl carbamates (subject to hydrolysis) is 1. The van der Waals surface area contributed by atoms with Crippen LogP contribution in [0.15, 0.2) is 30.3 Å². The summed E-state index contributed by atoms with van der Waals surface area (Å²) in [5, 5.41) is 17.4. The van der Waals surface area contributed by atoms with Crippen LogP contribution in [0.4, 0.5) is 4.79 Å². The van der Waals surface area contributed by atoms with Crippen molar-refractivity contribution < 1.29 is 33.8 Å². The van der Waals surface area contributed by atoms with Gasteiger partial charge in [-0.1, -0.05) is 44.2 Å². The third kappa shape index (κ3) is 9.04. The molecule has 0 radical (unpaired) electrons. The van der Waals surface area contributed by atoms with Gasteiger partial charge in [-0.2, -0.15) is 0 Å². The van der Waals surface area contributed by atoms with Crippen LogP contribution in [0, 0.1) is 5.92 Å². The number of benzene rings is 1. The van der Waals surface area contributed by atoms with Gasteiger partial charge < -0.3 is 30.7 Å². The molecule has 1 saturated heterocycles. The van der Waals surface area contributed by atoms with Crippen molar-refractivity contribution in [2.24, 2.45) is 5.92 Å². The summed E-state index contributed by atoms with van der Waals surface area (Å²) in [5.41, 5.74) is 0.0271. The Balaban J connectivity index is 2.07. The molecule has 1 aliphatic rings.